The van der Waals surface area contributed by atoms with Crippen molar-refractivity contribution in [1.29, 1.82) is 0 Å². The second-order valence-corrected chi connectivity index (χ2v) is 7.69. The first-order valence-corrected chi connectivity index (χ1v) is 9.86. The highest BCUT2D eigenvalue weighted by molar-refractivity contribution is 5.66. The number of aryl methyl sites for hydroxylation is 1. The summed E-state index contributed by atoms with van der Waals surface area (Å²) in [6.07, 6.45) is 5.62. The van der Waals surface area contributed by atoms with E-state index in [4.69, 9.17) is 5.11 Å². The number of aliphatic hydroxyl groups is 2. The average Bonchev–Trinajstić information content (AvgIpc) is 2.64. The second kappa shape index (κ2) is 9.21. The fraction of sp³-hybridized carbons (Fsp3) is 0.522. The average molecular weight is 368 g/mol. The molecule has 2 aliphatic carbocycles. The highest BCUT2D eigenvalue weighted by Crippen LogP contribution is 2.51. The van der Waals surface area contributed by atoms with Gasteiger partial charge in [0.25, 0.3) is 0 Å². The van der Waals surface area contributed by atoms with Crippen molar-refractivity contribution in [3.05, 3.63) is 47.5 Å². The summed E-state index contributed by atoms with van der Waals surface area (Å²) in [7, 11) is 0. The third-order valence-electron chi connectivity index (χ3n) is 5.84. The van der Waals surface area contributed by atoms with E-state index in [-0.39, 0.29) is 12.3 Å². The molecule has 2 saturated carbocycles. The van der Waals surface area contributed by atoms with Crippen LogP contribution in [0, 0.1) is 29.6 Å². The minimum absolute atomic E-state index is 0.0910. The van der Waals surface area contributed by atoms with E-state index in [2.05, 4.69) is 17.9 Å². The number of rotatable bonds is 6. The van der Waals surface area contributed by atoms with Crippen LogP contribution in [0.4, 0.5) is 0 Å². The molecule has 144 valence electrons. The highest BCUT2D eigenvalue weighted by atomic mass is 16.4. The number of carbonyl (C=O) groups is 1. The van der Waals surface area contributed by atoms with Crippen molar-refractivity contribution in [2.45, 2.75) is 57.2 Å². The lowest BCUT2D eigenvalue weighted by molar-refractivity contribution is -0.136. The zero-order valence-electron chi connectivity index (χ0n) is 15.6. The molecule has 0 spiro atoms. The molecule has 2 aliphatic rings. The van der Waals surface area contributed by atoms with Crippen molar-refractivity contribution < 1.29 is 20.1 Å². The number of benzene rings is 1. The van der Waals surface area contributed by atoms with E-state index < -0.39 is 18.2 Å². The van der Waals surface area contributed by atoms with Crippen LogP contribution in [0.3, 0.4) is 0 Å². The molecule has 0 amide bonds. The molecule has 3 rings (SSSR count). The zero-order chi connectivity index (χ0) is 19.2. The Morgan fingerprint density at radius 1 is 1.26 bits per heavy atom. The van der Waals surface area contributed by atoms with Crippen molar-refractivity contribution in [2.24, 2.45) is 17.8 Å². The largest absolute Gasteiger partial charge is 0.481 e. The second-order valence-electron chi connectivity index (χ2n) is 7.69. The van der Waals surface area contributed by atoms with Crippen LogP contribution in [0.2, 0.25) is 0 Å². The van der Waals surface area contributed by atoms with Gasteiger partial charge in [0.1, 0.15) is 6.10 Å². The van der Waals surface area contributed by atoms with Gasteiger partial charge in [-0.05, 0) is 55.9 Å². The molecule has 1 aromatic carbocycles. The predicted octanol–water partition coefficient (Wildman–Crippen LogP) is 3.18. The van der Waals surface area contributed by atoms with E-state index in [1.807, 2.05) is 30.3 Å². The third kappa shape index (κ3) is 5.22. The van der Waals surface area contributed by atoms with Gasteiger partial charge >= 0.3 is 5.97 Å². The molecule has 4 nitrogen and oxygen atoms in total. The first kappa shape index (κ1) is 19.7. The van der Waals surface area contributed by atoms with Gasteiger partial charge in [-0.15, -0.1) is 0 Å². The number of carboxylic acid groups (broad SMARTS) is 1. The van der Waals surface area contributed by atoms with E-state index in [1.165, 1.54) is 11.1 Å². The molecule has 2 fully saturated rings. The van der Waals surface area contributed by atoms with Gasteiger partial charge in [0.15, 0.2) is 0 Å². The van der Waals surface area contributed by atoms with E-state index in [0.29, 0.717) is 24.7 Å². The molecule has 0 bridgehead atoms. The lowest BCUT2D eigenvalue weighted by Crippen LogP contribution is -2.44. The van der Waals surface area contributed by atoms with E-state index in [9.17, 15) is 15.0 Å². The number of fused-ring (bicyclic) bond motifs is 1. The van der Waals surface area contributed by atoms with Crippen LogP contribution in [0.5, 0.6) is 0 Å². The highest BCUT2D eigenvalue weighted by Gasteiger charge is 2.46. The summed E-state index contributed by atoms with van der Waals surface area (Å²) in [5, 5.41) is 29.3. The summed E-state index contributed by atoms with van der Waals surface area (Å²) in [5.41, 5.74) is 2.51. The van der Waals surface area contributed by atoms with Crippen LogP contribution >= 0.6 is 0 Å². The number of allylic oxidation sites excluding steroid dienone is 2. The number of aliphatic carboxylic acids is 1. The third-order valence-corrected chi connectivity index (χ3v) is 5.84. The molecule has 27 heavy (non-hydrogen) atoms. The lowest BCUT2D eigenvalue weighted by Gasteiger charge is -2.48. The summed E-state index contributed by atoms with van der Waals surface area (Å²) < 4.78 is 0. The summed E-state index contributed by atoms with van der Waals surface area (Å²) in [5.74, 6) is 6.01. The van der Waals surface area contributed by atoms with E-state index >= 15 is 0 Å². The van der Waals surface area contributed by atoms with Gasteiger partial charge in [-0.1, -0.05) is 53.8 Å². The maximum Gasteiger partial charge on any atom is 0.303 e. The Morgan fingerprint density at radius 2 is 2.04 bits per heavy atom. The van der Waals surface area contributed by atoms with Crippen molar-refractivity contribution in [3.8, 4) is 11.8 Å². The Morgan fingerprint density at radius 3 is 2.78 bits per heavy atom. The molecule has 0 radical (unpaired) electrons. The molecule has 0 saturated heterocycles. The molecule has 5 atom stereocenters. The van der Waals surface area contributed by atoms with Crippen LogP contribution in [0.1, 0.15) is 44.1 Å². The van der Waals surface area contributed by atoms with Gasteiger partial charge in [0, 0.05) is 6.42 Å². The van der Waals surface area contributed by atoms with E-state index in [1.54, 1.807) is 0 Å². The first-order valence-electron chi connectivity index (χ1n) is 9.86. The van der Waals surface area contributed by atoms with Gasteiger partial charge in [0.2, 0.25) is 0 Å². The van der Waals surface area contributed by atoms with Crippen molar-refractivity contribution in [2.75, 3.05) is 0 Å². The van der Waals surface area contributed by atoms with Gasteiger partial charge in [-0.3, -0.25) is 4.79 Å². The van der Waals surface area contributed by atoms with E-state index in [0.717, 1.165) is 25.7 Å². The summed E-state index contributed by atoms with van der Waals surface area (Å²) in [6, 6.07) is 10.0. The smallest absolute Gasteiger partial charge is 0.303 e. The predicted molar refractivity (Wildman–Crippen MR) is 104 cm³/mol. The minimum atomic E-state index is -0.768. The monoisotopic (exact) mass is 368 g/mol. The molecular weight excluding hydrogens is 340 g/mol. The number of hydrogen-bond acceptors (Lipinski definition) is 3. The summed E-state index contributed by atoms with van der Waals surface area (Å²) >= 11 is 0. The quantitative estimate of drug-likeness (QED) is 0.532. The van der Waals surface area contributed by atoms with Crippen molar-refractivity contribution >= 4 is 5.97 Å². The van der Waals surface area contributed by atoms with Crippen LogP contribution < -0.4 is 0 Å². The Labute approximate surface area is 160 Å². The molecule has 0 aromatic heterocycles. The lowest BCUT2D eigenvalue weighted by atomic mass is 9.57. The van der Waals surface area contributed by atoms with Gasteiger partial charge < -0.3 is 15.3 Å². The van der Waals surface area contributed by atoms with Crippen molar-refractivity contribution in [1.82, 2.24) is 0 Å². The number of carboxylic acids is 1. The summed E-state index contributed by atoms with van der Waals surface area (Å²) in [4.78, 5) is 10.7. The number of aliphatic hydroxyl groups excluding tert-OH is 2. The molecule has 3 N–H and O–H groups in total. The maximum absolute atomic E-state index is 10.7. The SMILES string of the molecule is O=C(O)CC/C=C1/C[C@@H]2C1CC[C@H](O)[C@H]2C#CC(O)CCc1ccccc1. The molecule has 4 heteroatoms. The Bertz CT molecular complexity index is 728. The molecule has 0 aliphatic heterocycles. The van der Waals surface area contributed by atoms with Crippen molar-refractivity contribution in [3.63, 3.8) is 0 Å². The first-order chi connectivity index (χ1) is 13.0. The van der Waals surface area contributed by atoms with Crippen LogP contribution in [-0.2, 0) is 11.2 Å². The maximum atomic E-state index is 10.7. The fourth-order valence-corrected chi connectivity index (χ4v) is 4.30. The Kier molecular flexibility index (Phi) is 6.71. The Hall–Kier alpha value is -2.09. The fourth-order valence-electron chi connectivity index (χ4n) is 4.30. The van der Waals surface area contributed by atoms with Crippen LogP contribution in [0.15, 0.2) is 42.0 Å². The van der Waals surface area contributed by atoms with Gasteiger partial charge in [-0.2, -0.15) is 0 Å². The normalized spacial score (nSPS) is 29.2. The molecule has 0 heterocycles. The minimum Gasteiger partial charge on any atom is -0.481 e. The molecule has 1 aromatic rings. The van der Waals surface area contributed by atoms with Crippen LogP contribution in [0.25, 0.3) is 0 Å². The van der Waals surface area contributed by atoms with Crippen LogP contribution in [-0.4, -0.2) is 33.5 Å². The summed E-state index contributed by atoms with van der Waals surface area (Å²) in [6.45, 7) is 0. The topological polar surface area (TPSA) is 77.8 Å². The molecular formula is C23H28O4. The molecule has 2 unspecified atom stereocenters. The number of hydrogen-bond donors (Lipinski definition) is 3. The Balaban J connectivity index is 1.53. The van der Waals surface area contributed by atoms with Gasteiger partial charge in [0.05, 0.1) is 12.0 Å². The standard InChI is InChI=1S/C23H28O4/c24-18(10-9-16-5-2-1-3-6-16)11-12-20-21-15-17(7-4-8-23(26)27)19(21)13-14-22(20)25/h1-3,5-7,18-22,24-25H,4,8-10,13-15H2,(H,26,27)/b17-7-/t18?,19?,20-,21+,22-/m0/s1. The van der Waals surface area contributed by atoms with Gasteiger partial charge in [-0.25, -0.2) is 0 Å². The zero-order valence-corrected chi connectivity index (χ0v) is 15.6.